The zero-order valence-corrected chi connectivity index (χ0v) is 12.1. The number of hydrogen-bond donors (Lipinski definition) is 2. The van der Waals surface area contributed by atoms with E-state index in [2.05, 4.69) is 4.72 Å². The minimum Gasteiger partial charge on any atom is -0.478 e. The first-order valence-electron chi connectivity index (χ1n) is 6.07. The lowest BCUT2D eigenvalue weighted by atomic mass is 10.1. The number of aryl methyl sites for hydroxylation is 1. The number of aromatic carboxylic acids is 1. The molecule has 1 rings (SSSR count). The number of nitriles is 1. The highest BCUT2D eigenvalue weighted by atomic mass is 32.2. The van der Waals surface area contributed by atoms with Crippen LogP contribution in [0.25, 0.3) is 0 Å². The van der Waals surface area contributed by atoms with Crippen molar-refractivity contribution in [1.29, 1.82) is 5.26 Å². The molecule has 1 unspecified atom stereocenters. The summed E-state index contributed by atoms with van der Waals surface area (Å²) in [6.07, 6.45) is 0.462. The molecule has 0 saturated carbocycles. The van der Waals surface area contributed by atoms with Gasteiger partial charge in [-0.05, 0) is 31.0 Å². The van der Waals surface area contributed by atoms with Crippen molar-refractivity contribution in [2.45, 2.75) is 25.2 Å². The van der Waals surface area contributed by atoms with Crippen LogP contribution in [0.3, 0.4) is 0 Å². The summed E-state index contributed by atoms with van der Waals surface area (Å²) < 4.78 is 26.7. The molecule has 0 fully saturated rings. The molecule has 1 aromatic carbocycles. The van der Waals surface area contributed by atoms with Crippen molar-refractivity contribution < 1.29 is 18.3 Å². The van der Waals surface area contributed by atoms with E-state index in [-0.39, 0.29) is 17.0 Å². The van der Waals surface area contributed by atoms with Gasteiger partial charge in [0.25, 0.3) is 0 Å². The van der Waals surface area contributed by atoms with E-state index in [0.29, 0.717) is 12.0 Å². The molecule has 0 aliphatic carbocycles. The third-order valence-corrected chi connectivity index (χ3v) is 4.29. The van der Waals surface area contributed by atoms with Crippen molar-refractivity contribution in [2.24, 2.45) is 5.92 Å². The van der Waals surface area contributed by atoms with Gasteiger partial charge in [0, 0.05) is 6.54 Å². The Morgan fingerprint density at radius 3 is 2.65 bits per heavy atom. The first-order valence-corrected chi connectivity index (χ1v) is 7.55. The zero-order chi connectivity index (χ0) is 15.3. The van der Waals surface area contributed by atoms with Gasteiger partial charge in [-0.15, -0.1) is 0 Å². The summed E-state index contributed by atoms with van der Waals surface area (Å²) in [4.78, 5) is 10.9. The summed E-state index contributed by atoms with van der Waals surface area (Å²) in [5.74, 6) is -1.65. The summed E-state index contributed by atoms with van der Waals surface area (Å²) >= 11 is 0. The first kappa shape index (κ1) is 16.1. The SMILES string of the molecule is CCc1ccc(C(=O)O)cc1S(=O)(=O)NCC(C)C#N. The molecule has 1 aromatic rings. The topological polar surface area (TPSA) is 107 Å². The molecule has 0 saturated heterocycles. The van der Waals surface area contributed by atoms with E-state index >= 15 is 0 Å². The minimum atomic E-state index is -3.83. The number of carboxylic acids is 1. The Kier molecular flexibility index (Phi) is 5.25. The smallest absolute Gasteiger partial charge is 0.335 e. The molecule has 0 bridgehead atoms. The monoisotopic (exact) mass is 296 g/mol. The van der Waals surface area contributed by atoms with Gasteiger partial charge in [-0.3, -0.25) is 0 Å². The van der Waals surface area contributed by atoms with Gasteiger partial charge in [0.05, 0.1) is 22.4 Å². The van der Waals surface area contributed by atoms with Gasteiger partial charge in [0.1, 0.15) is 0 Å². The number of rotatable bonds is 6. The Labute approximate surface area is 118 Å². The average molecular weight is 296 g/mol. The zero-order valence-electron chi connectivity index (χ0n) is 11.3. The Morgan fingerprint density at radius 2 is 2.15 bits per heavy atom. The quantitative estimate of drug-likeness (QED) is 0.824. The van der Waals surface area contributed by atoms with E-state index in [1.807, 2.05) is 6.07 Å². The van der Waals surface area contributed by atoms with Gasteiger partial charge in [0.15, 0.2) is 0 Å². The fraction of sp³-hybridized carbons (Fsp3) is 0.385. The van der Waals surface area contributed by atoms with Crippen molar-refractivity contribution >= 4 is 16.0 Å². The highest BCUT2D eigenvalue weighted by Crippen LogP contribution is 2.18. The molecule has 0 amide bonds. The van der Waals surface area contributed by atoms with Crippen LogP contribution in [0.5, 0.6) is 0 Å². The van der Waals surface area contributed by atoms with Crippen LogP contribution in [0.1, 0.15) is 29.8 Å². The number of sulfonamides is 1. The molecular formula is C13H16N2O4S. The molecule has 0 spiro atoms. The van der Waals surface area contributed by atoms with Gasteiger partial charge in [-0.1, -0.05) is 13.0 Å². The highest BCUT2D eigenvalue weighted by Gasteiger charge is 2.20. The van der Waals surface area contributed by atoms with Crippen molar-refractivity contribution in [3.8, 4) is 6.07 Å². The molecule has 6 nitrogen and oxygen atoms in total. The fourth-order valence-corrected chi connectivity index (χ4v) is 3.05. The lowest BCUT2D eigenvalue weighted by molar-refractivity contribution is 0.0696. The Hall–Kier alpha value is -1.91. The van der Waals surface area contributed by atoms with Crippen molar-refractivity contribution in [3.63, 3.8) is 0 Å². The van der Waals surface area contributed by atoms with Crippen molar-refractivity contribution in [3.05, 3.63) is 29.3 Å². The number of benzene rings is 1. The molecule has 108 valence electrons. The predicted octanol–water partition coefficient (Wildman–Crippen LogP) is 1.39. The number of carbonyl (C=O) groups is 1. The van der Waals surface area contributed by atoms with Gasteiger partial charge < -0.3 is 5.11 Å². The van der Waals surface area contributed by atoms with Crippen molar-refractivity contribution in [2.75, 3.05) is 6.54 Å². The Morgan fingerprint density at radius 1 is 1.50 bits per heavy atom. The van der Waals surface area contributed by atoms with Crippen LogP contribution >= 0.6 is 0 Å². The highest BCUT2D eigenvalue weighted by molar-refractivity contribution is 7.89. The van der Waals surface area contributed by atoms with Crippen LogP contribution in [0, 0.1) is 17.2 Å². The van der Waals surface area contributed by atoms with Crippen LogP contribution in [0.4, 0.5) is 0 Å². The molecule has 7 heteroatoms. The van der Waals surface area contributed by atoms with E-state index in [9.17, 15) is 13.2 Å². The maximum Gasteiger partial charge on any atom is 0.335 e. The molecule has 1 atom stereocenters. The Bertz CT molecular complexity index is 647. The Balaban J connectivity index is 3.19. The van der Waals surface area contributed by atoms with Crippen LogP contribution in [-0.2, 0) is 16.4 Å². The van der Waals surface area contributed by atoms with Crippen molar-refractivity contribution in [1.82, 2.24) is 4.72 Å². The van der Waals surface area contributed by atoms with Gasteiger partial charge in [-0.2, -0.15) is 5.26 Å². The van der Waals surface area contributed by atoms with E-state index in [4.69, 9.17) is 10.4 Å². The molecule has 0 aliphatic rings. The van der Waals surface area contributed by atoms with E-state index in [1.54, 1.807) is 13.8 Å². The largest absolute Gasteiger partial charge is 0.478 e. The summed E-state index contributed by atoms with van der Waals surface area (Å²) in [5.41, 5.74) is 0.447. The lowest BCUT2D eigenvalue weighted by Gasteiger charge is -2.12. The third kappa shape index (κ3) is 3.79. The second kappa shape index (κ2) is 6.50. The summed E-state index contributed by atoms with van der Waals surface area (Å²) in [7, 11) is -3.83. The normalized spacial score (nSPS) is 12.7. The standard InChI is InChI=1S/C13H16N2O4S/c1-3-10-4-5-11(13(16)17)6-12(10)20(18,19)15-8-9(2)7-14/h4-6,9,15H,3,8H2,1-2H3,(H,16,17). The third-order valence-electron chi connectivity index (χ3n) is 2.78. The molecule has 0 radical (unpaired) electrons. The fourth-order valence-electron chi connectivity index (χ4n) is 1.59. The van der Waals surface area contributed by atoms with Gasteiger partial charge >= 0.3 is 5.97 Å². The number of hydrogen-bond acceptors (Lipinski definition) is 4. The minimum absolute atomic E-state index is 0.0146. The predicted molar refractivity (Wildman–Crippen MR) is 72.7 cm³/mol. The summed E-state index contributed by atoms with van der Waals surface area (Å²) in [5, 5.41) is 17.6. The summed E-state index contributed by atoms with van der Waals surface area (Å²) in [6, 6.07) is 5.93. The van der Waals surface area contributed by atoms with E-state index in [0.717, 1.165) is 6.07 Å². The second-order valence-electron chi connectivity index (χ2n) is 4.36. The molecule has 0 heterocycles. The maximum absolute atomic E-state index is 12.2. The van der Waals surface area contributed by atoms with E-state index < -0.39 is 21.9 Å². The van der Waals surface area contributed by atoms with E-state index in [1.165, 1.54) is 12.1 Å². The van der Waals surface area contributed by atoms with Gasteiger partial charge in [0.2, 0.25) is 10.0 Å². The number of nitrogens with zero attached hydrogens (tertiary/aromatic N) is 1. The molecule has 0 aliphatic heterocycles. The molecule has 2 N–H and O–H groups in total. The lowest BCUT2D eigenvalue weighted by Crippen LogP contribution is -2.29. The number of carboxylic acid groups (broad SMARTS) is 1. The molecule has 20 heavy (non-hydrogen) atoms. The summed E-state index contributed by atoms with van der Waals surface area (Å²) in [6.45, 7) is 3.36. The average Bonchev–Trinajstić information content (AvgIpc) is 2.43. The van der Waals surface area contributed by atoms with Crippen LogP contribution in [0.2, 0.25) is 0 Å². The maximum atomic E-state index is 12.2. The molecule has 0 aromatic heterocycles. The second-order valence-corrected chi connectivity index (χ2v) is 6.10. The van der Waals surface area contributed by atoms with Crippen LogP contribution in [0.15, 0.2) is 23.1 Å². The van der Waals surface area contributed by atoms with Crippen LogP contribution < -0.4 is 4.72 Å². The number of nitrogens with one attached hydrogen (secondary N) is 1. The first-order chi connectivity index (χ1) is 9.31. The molecular weight excluding hydrogens is 280 g/mol. The van der Waals surface area contributed by atoms with Gasteiger partial charge in [-0.25, -0.2) is 17.9 Å². The van der Waals surface area contributed by atoms with Crippen LogP contribution in [-0.4, -0.2) is 26.0 Å².